The van der Waals surface area contributed by atoms with E-state index >= 15 is 0 Å². The molecule has 3 aliphatic heterocycles. The lowest BCUT2D eigenvalue weighted by atomic mass is 10.1. The number of hydrogen-bond acceptors (Lipinski definition) is 32. The molecule has 16 atom stereocenters. The van der Waals surface area contributed by atoms with Gasteiger partial charge in [0.15, 0.2) is 47.7 Å². The van der Waals surface area contributed by atoms with E-state index in [0.29, 0.717) is 0 Å². The van der Waals surface area contributed by atoms with E-state index in [1.165, 1.54) is 40.3 Å². The number of aromatic amines is 2. The van der Waals surface area contributed by atoms with E-state index in [1.807, 2.05) is 0 Å². The van der Waals surface area contributed by atoms with Crippen LogP contribution in [0.3, 0.4) is 0 Å². The molecule has 6 aromatic heterocycles. The molecule has 428 valence electrons. The van der Waals surface area contributed by atoms with Crippen molar-refractivity contribution >= 4 is 76.5 Å². The van der Waals surface area contributed by atoms with Gasteiger partial charge in [-0.15, -0.1) is 0 Å². The molecule has 78 heavy (non-hydrogen) atoms. The van der Waals surface area contributed by atoms with Gasteiger partial charge in [0.2, 0.25) is 11.7 Å². The molecule has 0 bridgehead atoms. The summed E-state index contributed by atoms with van der Waals surface area (Å²) in [7, 11) is -21.5. The molecule has 9 heterocycles. The van der Waals surface area contributed by atoms with Crippen LogP contribution in [-0.4, -0.2) is 152 Å². The summed E-state index contributed by atoms with van der Waals surface area (Å²) in [5.41, 5.74) is 10.1. The van der Waals surface area contributed by atoms with Crippen LogP contribution in [-0.2, 0) is 80.4 Å². The first-order chi connectivity index (χ1) is 36.6. The number of fused-ring (bicyclic) bond motifs is 3. The highest BCUT2D eigenvalue weighted by molar-refractivity contribution is 7.65. The highest BCUT2D eigenvalue weighted by atomic mass is 31.3. The second kappa shape index (κ2) is 21.8. The van der Waals surface area contributed by atoms with Crippen molar-refractivity contribution in [3.8, 4) is 0 Å². The lowest BCUT2D eigenvalue weighted by molar-refractivity contribution is -0.747. The Labute approximate surface area is 435 Å². The van der Waals surface area contributed by atoms with Crippen LogP contribution >= 0.6 is 31.3 Å². The van der Waals surface area contributed by atoms with Gasteiger partial charge in [0.1, 0.15) is 66.5 Å². The molecule has 0 aromatic carbocycles. The highest BCUT2D eigenvalue weighted by Crippen LogP contribution is 2.64. The molecule has 0 amide bonds. The second-order valence-electron chi connectivity index (χ2n) is 17.6. The number of nitrogens with one attached hydrogen (secondary N) is 2. The monoisotopic (exact) mass is 1180 g/mol. The fraction of sp³-hybridized carbons (Fsp3) is 0.583. The van der Waals surface area contributed by atoms with Crippen molar-refractivity contribution < 1.29 is 108 Å². The Morgan fingerprint density at radius 2 is 1.37 bits per heavy atom. The van der Waals surface area contributed by atoms with Crippen LogP contribution in [0, 0.1) is 6.92 Å². The Hall–Kier alpha value is -4.95. The Morgan fingerprint density at radius 3 is 2.05 bits per heavy atom. The Bertz CT molecular complexity index is 3540. The van der Waals surface area contributed by atoms with Gasteiger partial charge >= 0.3 is 5.65 Å². The highest BCUT2D eigenvalue weighted by Gasteiger charge is 2.53. The predicted octanol–water partition coefficient (Wildman–Crippen LogP) is -4.47. The maximum Gasteiger partial charge on any atom is 0.313 e. The lowest BCUT2D eigenvalue weighted by Gasteiger charge is -2.36. The first-order valence-electron chi connectivity index (χ1n) is 22.6. The first-order valence-corrected chi connectivity index (χ1v) is 28.4. The maximum absolute atomic E-state index is 13.8. The van der Waals surface area contributed by atoms with Crippen molar-refractivity contribution in [2.24, 2.45) is 7.05 Å². The number of phosphoric acid groups is 4. The van der Waals surface area contributed by atoms with Crippen molar-refractivity contribution in [2.45, 2.75) is 101 Å². The molecule has 3 aliphatic rings. The van der Waals surface area contributed by atoms with E-state index in [4.69, 9.17) is 58.0 Å². The molecule has 0 aliphatic carbocycles. The molecule has 38 nitrogen and oxygen atoms in total. The number of phosphoric ester groups is 3. The summed E-state index contributed by atoms with van der Waals surface area (Å²) in [5.74, 6) is -0.239. The van der Waals surface area contributed by atoms with Crippen molar-refractivity contribution in [3.05, 3.63) is 51.8 Å². The summed E-state index contributed by atoms with van der Waals surface area (Å²) < 4.78 is 120. The van der Waals surface area contributed by atoms with E-state index in [1.54, 1.807) is 13.8 Å². The standard InChI is InChI=1S/C36H50N14O24P4/c1-13(2)67-22-15(68-32(20(22)51)49-11-42-18-28(49)43-14(3)44-30(18)53)7-65-75(55,56)71-23-16(69-34(25(23)64-6)48-10-41-17-26(37)39-9-40-27(17)48)8-66-76(57,58)73-78(61,62)74-77(59,60)72-35-24(63-5)21(52)33(70-35)50-12-47(4)19-29(50)45-36(38)46-31(19)54/h9-13,15-16,20-25,32-35,51-52H,7-8H2,1-6H3,(H9-,37,38,39,40,43,44,45,46,53,54,55,56,57,58,59,60,61,62)/p-3/t15-,16-,20?,21+,22+,23+,24?,25?,32-,33-,34-,35-/m1/s1. The van der Waals surface area contributed by atoms with Crippen LogP contribution in [0.4, 0.5) is 11.8 Å². The number of aliphatic hydroxyl groups excluding tert-OH is 2. The Kier molecular flexibility index (Phi) is 16.2. The van der Waals surface area contributed by atoms with E-state index in [9.17, 15) is 57.6 Å². The Morgan fingerprint density at radius 1 is 0.744 bits per heavy atom. The van der Waals surface area contributed by atoms with Gasteiger partial charge < -0.3 is 88.2 Å². The van der Waals surface area contributed by atoms with E-state index in [0.717, 1.165) is 31.4 Å². The van der Waals surface area contributed by atoms with Gasteiger partial charge in [-0.25, -0.2) is 38.1 Å². The number of nitrogens with zero attached hydrogens (tertiary/aromatic N) is 10. The molecular weight excluding hydrogens is 1140 g/mol. The van der Waals surface area contributed by atoms with Gasteiger partial charge in [-0.2, -0.15) is 0 Å². The zero-order chi connectivity index (χ0) is 56.6. The molecule has 3 fully saturated rings. The van der Waals surface area contributed by atoms with Crippen molar-refractivity contribution in [2.75, 3.05) is 38.9 Å². The van der Waals surface area contributed by atoms with Crippen molar-refractivity contribution in [1.29, 1.82) is 0 Å². The zero-order valence-electron chi connectivity index (χ0n) is 41.0. The number of H-pyrrole nitrogens is 2. The average Bonchev–Trinajstić information content (AvgIpc) is 4.38. The largest absolute Gasteiger partial charge is 0.756 e. The van der Waals surface area contributed by atoms with Gasteiger partial charge in [-0.1, -0.05) is 4.98 Å². The minimum absolute atomic E-state index is 0.0118. The number of methoxy groups -OCH3 is 2. The molecule has 9 rings (SSSR count). The van der Waals surface area contributed by atoms with Crippen LogP contribution in [0.2, 0.25) is 0 Å². The number of nitrogen functional groups attached to an aromatic ring is 2. The number of anilines is 2. The van der Waals surface area contributed by atoms with Crippen LogP contribution < -0.4 is 46.7 Å². The fourth-order valence-electron chi connectivity index (χ4n) is 8.87. The minimum atomic E-state index is -6.63. The van der Waals surface area contributed by atoms with E-state index in [2.05, 4.69) is 48.5 Å². The number of rotatable bonds is 21. The quantitative estimate of drug-likeness (QED) is 0.0292. The maximum atomic E-state index is 13.8. The third kappa shape index (κ3) is 11.6. The first kappa shape index (κ1) is 57.7. The lowest BCUT2D eigenvalue weighted by Crippen LogP contribution is -2.46. The summed E-state index contributed by atoms with van der Waals surface area (Å²) in [5, 5.41) is 22.5. The fourth-order valence-corrected chi connectivity index (χ4v) is 13.3. The van der Waals surface area contributed by atoms with Gasteiger partial charge in [0.25, 0.3) is 48.4 Å². The summed E-state index contributed by atoms with van der Waals surface area (Å²) in [6.07, 6.45) is -16.0. The molecule has 6 aromatic rings. The molecule has 3 saturated heterocycles. The van der Waals surface area contributed by atoms with Gasteiger partial charge in [0.05, 0.1) is 39.0 Å². The summed E-state index contributed by atoms with van der Waals surface area (Å²) >= 11 is 0. The normalized spacial score (nSPS) is 29.9. The van der Waals surface area contributed by atoms with Gasteiger partial charge in [-0.05, 0) is 20.8 Å². The van der Waals surface area contributed by atoms with Crippen LogP contribution in [0.25, 0.3) is 33.5 Å². The van der Waals surface area contributed by atoms with Crippen molar-refractivity contribution in [3.63, 3.8) is 0 Å². The summed E-state index contributed by atoms with van der Waals surface area (Å²) in [4.78, 5) is 107. The van der Waals surface area contributed by atoms with Crippen LogP contribution in [0.5, 0.6) is 0 Å². The molecule has 42 heteroatoms. The van der Waals surface area contributed by atoms with Crippen molar-refractivity contribution in [1.82, 2.24) is 53.6 Å². The number of aryl methyl sites for hydroxylation is 2. The summed E-state index contributed by atoms with van der Waals surface area (Å²) in [6.45, 7) is 2.47. The van der Waals surface area contributed by atoms with Crippen LogP contribution in [0.1, 0.15) is 38.4 Å². The smallest absolute Gasteiger partial charge is 0.313 e. The molecule has 0 saturated carbocycles. The molecule has 8 N–H and O–H groups in total. The second-order valence-corrected chi connectivity index (χ2v) is 23.4. The number of aliphatic hydroxyl groups is 2. The molecule has 7 unspecified atom stereocenters. The van der Waals surface area contributed by atoms with E-state index < -0.39 is 136 Å². The minimum Gasteiger partial charge on any atom is -0.756 e. The third-order valence-corrected chi connectivity index (χ3v) is 17.1. The number of ether oxygens (including phenoxy) is 6. The zero-order valence-corrected chi connectivity index (χ0v) is 44.6. The summed E-state index contributed by atoms with van der Waals surface area (Å²) in [6, 6.07) is 0. The average molecular weight is 1180 g/mol. The number of aromatic nitrogens is 12. The number of nitrogens with two attached hydrogens (primary N) is 2. The number of hydrogen-bond donors (Lipinski definition) is 6. The Balaban J connectivity index is 0.902. The third-order valence-electron chi connectivity index (χ3n) is 12.0. The number of imidazole rings is 3. The molecule has 0 spiro atoms. The van der Waals surface area contributed by atoms with Gasteiger partial charge in [0, 0.05) is 14.2 Å². The molecule has 0 radical (unpaired) electrons. The topological polar surface area (TPSA) is 526 Å². The predicted molar refractivity (Wildman–Crippen MR) is 244 cm³/mol. The molecular formula is C36H47N14O24P4-3. The van der Waals surface area contributed by atoms with Gasteiger partial charge in [-0.3, -0.25) is 51.1 Å². The SMILES string of the molecule is COC1[C@@H](OP(=O)([O-])OC[C@H]2O[C@@H](n3cnc4c(=O)[nH]c(C)nc43)C(O)[C@H]2OC(C)C)[C@@H](COP(=O)([O-])OP(=O)([O-])OP(=O)([O-])O[C@H]2O[C@@H]([n+]3cn(C)c4c(=O)[nH]c(N)nc43)[C@@H](O)C2OC)O[C@H]1n1cnc2c(N)ncnc21. The van der Waals surface area contributed by atoms with Crippen LogP contribution in [0.15, 0.2) is 34.9 Å². The van der Waals surface area contributed by atoms with E-state index in [-0.39, 0.29) is 51.1 Å².